The molecule has 45 heavy (non-hydrogen) atoms. The number of carboxylic acids is 2. The molecule has 13 N–H and O–H groups in total. The number of primary amides is 2. The Kier molecular flexibility index (Phi) is 14.9. The lowest BCUT2D eigenvalue weighted by molar-refractivity contribution is -0.144. The van der Waals surface area contributed by atoms with Crippen LogP contribution in [0.15, 0.2) is 24.3 Å². The number of nitrogens with one attached hydrogen (secondary N) is 4. The molecule has 5 atom stereocenters. The van der Waals surface area contributed by atoms with E-state index in [4.69, 9.17) is 22.3 Å². The number of carbonyl (C=O) groups is 8. The van der Waals surface area contributed by atoms with Crippen LogP contribution >= 0.6 is 0 Å². The molecule has 0 aromatic heterocycles. The van der Waals surface area contributed by atoms with E-state index in [0.717, 1.165) is 0 Å². The van der Waals surface area contributed by atoms with Crippen LogP contribution in [0.25, 0.3) is 0 Å². The molecule has 0 fully saturated rings. The Balaban J connectivity index is 3.27. The molecule has 0 aliphatic rings. The third-order valence-corrected chi connectivity index (χ3v) is 6.14. The number of benzene rings is 1. The second kappa shape index (κ2) is 17.8. The van der Waals surface area contributed by atoms with E-state index in [1.165, 1.54) is 24.3 Å². The second-order valence-corrected chi connectivity index (χ2v) is 10.6. The molecule has 0 saturated carbocycles. The van der Waals surface area contributed by atoms with Crippen LogP contribution in [-0.4, -0.2) is 92.9 Å². The Labute approximate surface area is 257 Å². The number of phenols is 1. The van der Waals surface area contributed by atoms with Gasteiger partial charge in [0.1, 0.15) is 29.9 Å². The van der Waals surface area contributed by atoms with Gasteiger partial charge in [-0.1, -0.05) is 26.0 Å². The highest BCUT2D eigenvalue weighted by Crippen LogP contribution is 2.12. The summed E-state index contributed by atoms with van der Waals surface area (Å²) in [6, 6.07) is -2.29. The first-order chi connectivity index (χ1) is 20.9. The molecule has 1 aromatic carbocycles. The fourth-order valence-corrected chi connectivity index (χ4v) is 3.97. The largest absolute Gasteiger partial charge is 0.508 e. The van der Waals surface area contributed by atoms with Crippen LogP contribution in [0.1, 0.15) is 45.1 Å². The van der Waals surface area contributed by atoms with Gasteiger partial charge < -0.3 is 53.8 Å². The van der Waals surface area contributed by atoms with E-state index in [9.17, 15) is 48.6 Å². The van der Waals surface area contributed by atoms with Crippen LogP contribution in [0.5, 0.6) is 5.75 Å². The molecular weight excluding hydrogens is 598 g/mol. The van der Waals surface area contributed by atoms with Gasteiger partial charge >= 0.3 is 11.9 Å². The summed E-state index contributed by atoms with van der Waals surface area (Å²) in [5, 5.41) is 36.9. The molecule has 0 radical (unpaired) electrons. The highest BCUT2D eigenvalue weighted by molar-refractivity contribution is 5.98. The van der Waals surface area contributed by atoms with E-state index in [-0.39, 0.29) is 24.5 Å². The first-order valence-electron chi connectivity index (χ1n) is 13.7. The molecule has 0 unspecified atom stereocenters. The van der Waals surface area contributed by atoms with Crippen molar-refractivity contribution in [3.05, 3.63) is 29.8 Å². The summed E-state index contributed by atoms with van der Waals surface area (Å²) in [5.74, 6) is -9.37. The predicted octanol–water partition coefficient (Wildman–Crippen LogP) is -3.44. The summed E-state index contributed by atoms with van der Waals surface area (Å²) in [5.41, 5.74) is 16.4. The molecule has 1 aromatic rings. The van der Waals surface area contributed by atoms with Gasteiger partial charge in [-0.2, -0.15) is 0 Å². The van der Waals surface area contributed by atoms with Crippen LogP contribution in [0, 0.1) is 5.92 Å². The number of hydrogen-bond donors (Lipinski definition) is 10. The van der Waals surface area contributed by atoms with Crippen molar-refractivity contribution in [3.63, 3.8) is 0 Å². The number of hydrogen-bond acceptors (Lipinski definition) is 10. The highest BCUT2D eigenvalue weighted by Gasteiger charge is 2.33. The number of rotatable bonds is 19. The molecule has 0 aliphatic heterocycles. The summed E-state index contributed by atoms with van der Waals surface area (Å²) in [7, 11) is 0. The third kappa shape index (κ3) is 14.2. The first kappa shape index (κ1) is 37.8. The quantitative estimate of drug-likeness (QED) is 0.0708. The van der Waals surface area contributed by atoms with Crippen molar-refractivity contribution < 1.29 is 53.7 Å². The Hall–Kier alpha value is -5.26. The van der Waals surface area contributed by atoms with Crippen molar-refractivity contribution in [3.8, 4) is 5.75 Å². The predicted molar refractivity (Wildman–Crippen MR) is 154 cm³/mol. The van der Waals surface area contributed by atoms with E-state index < -0.39 is 96.9 Å². The second-order valence-electron chi connectivity index (χ2n) is 10.6. The SMILES string of the molecule is CC(C)C[C@H](NC(=O)[C@H](CC(N)=O)NC(=O)[C@H](Cc1ccc(O)cc1)NC(=O)[C@@H](N)CC(=O)O)C(=O)N[C@@H](CC(N)=O)C(=O)O. The van der Waals surface area contributed by atoms with Crippen molar-refractivity contribution >= 4 is 47.4 Å². The van der Waals surface area contributed by atoms with E-state index in [1.54, 1.807) is 13.8 Å². The van der Waals surface area contributed by atoms with E-state index in [0.29, 0.717) is 5.56 Å². The average molecular weight is 638 g/mol. The van der Waals surface area contributed by atoms with Crippen molar-refractivity contribution in [2.45, 2.75) is 76.2 Å². The molecule has 18 heteroatoms. The number of aromatic hydroxyl groups is 1. The van der Waals surface area contributed by atoms with E-state index in [1.807, 2.05) is 0 Å². The van der Waals surface area contributed by atoms with Crippen LogP contribution in [0.4, 0.5) is 0 Å². The smallest absolute Gasteiger partial charge is 0.326 e. The summed E-state index contributed by atoms with van der Waals surface area (Å²) in [4.78, 5) is 97.7. The molecular formula is C27H39N7O11. The fourth-order valence-electron chi connectivity index (χ4n) is 3.97. The number of carbonyl (C=O) groups excluding carboxylic acids is 6. The van der Waals surface area contributed by atoms with Gasteiger partial charge in [-0.3, -0.25) is 33.6 Å². The Morgan fingerprint density at radius 1 is 0.667 bits per heavy atom. The number of nitrogens with two attached hydrogens (primary N) is 3. The molecule has 1 rings (SSSR count). The third-order valence-electron chi connectivity index (χ3n) is 6.14. The van der Waals surface area contributed by atoms with Crippen molar-refractivity contribution in [2.75, 3.05) is 0 Å². The van der Waals surface area contributed by atoms with Crippen LogP contribution in [0.2, 0.25) is 0 Å². The normalized spacial score (nSPS) is 14.1. The Morgan fingerprint density at radius 3 is 1.60 bits per heavy atom. The lowest BCUT2D eigenvalue weighted by Crippen LogP contribution is -2.59. The summed E-state index contributed by atoms with van der Waals surface area (Å²) in [6.07, 6.45) is -2.50. The lowest BCUT2D eigenvalue weighted by atomic mass is 10.0. The summed E-state index contributed by atoms with van der Waals surface area (Å²) in [6.45, 7) is 3.39. The minimum atomic E-state index is -1.69. The minimum Gasteiger partial charge on any atom is -0.508 e. The molecule has 248 valence electrons. The highest BCUT2D eigenvalue weighted by atomic mass is 16.4. The number of phenolic OH excluding ortho intramolecular Hbond substituents is 1. The van der Waals surface area contributed by atoms with E-state index >= 15 is 0 Å². The first-order valence-corrected chi connectivity index (χ1v) is 13.7. The van der Waals surface area contributed by atoms with Gasteiger partial charge in [0.15, 0.2) is 0 Å². The Morgan fingerprint density at radius 2 is 1.11 bits per heavy atom. The monoisotopic (exact) mass is 637 g/mol. The number of carboxylic acid groups (broad SMARTS) is 2. The number of aliphatic carboxylic acids is 2. The van der Waals surface area contributed by atoms with Crippen LogP contribution < -0.4 is 38.5 Å². The van der Waals surface area contributed by atoms with Crippen molar-refractivity contribution in [1.82, 2.24) is 21.3 Å². The fraction of sp³-hybridized carbons (Fsp3) is 0.481. The van der Waals surface area contributed by atoms with Crippen molar-refractivity contribution in [2.24, 2.45) is 23.1 Å². The summed E-state index contributed by atoms with van der Waals surface area (Å²) >= 11 is 0. The van der Waals surface area contributed by atoms with Gasteiger partial charge in [0.05, 0.1) is 25.3 Å². The maximum atomic E-state index is 13.4. The molecule has 0 spiro atoms. The maximum Gasteiger partial charge on any atom is 0.326 e. The van der Waals surface area contributed by atoms with Gasteiger partial charge in [0.2, 0.25) is 35.4 Å². The molecule has 0 bridgehead atoms. The average Bonchev–Trinajstić information content (AvgIpc) is 2.91. The zero-order valence-corrected chi connectivity index (χ0v) is 24.6. The molecule has 6 amide bonds. The van der Waals surface area contributed by atoms with Gasteiger partial charge in [-0.25, -0.2) is 4.79 Å². The molecule has 18 nitrogen and oxygen atoms in total. The standard InChI is InChI=1S/C27H39N7O11/c1-12(2)7-16(24(41)34-19(27(44)45)11-21(30)37)32-26(43)18(10-20(29)36)33-25(42)17(8-13-3-5-14(35)6-4-13)31-23(40)15(28)9-22(38)39/h3-6,12,15-19,35H,7-11,28H2,1-2H3,(H2,29,36)(H2,30,37)(H,31,40)(H,32,43)(H,33,42)(H,34,41)(H,38,39)(H,44,45)/t15-,16-,17-,18-,19-/m0/s1. The van der Waals surface area contributed by atoms with Gasteiger partial charge in [-0.15, -0.1) is 0 Å². The lowest BCUT2D eigenvalue weighted by Gasteiger charge is -2.26. The van der Waals surface area contributed by atoms with E-state index in [2.05, 4.69) is 21.3 Å². The van der Waals surface area contributed by atoms with Gasteiger partial charge in [0, 0.05) is 6.42 Å². The van der Waals surface area contributed by atoms with Gasteiger partial charge in [0.25, 0.3) is 0 Å². The molecule has 0 heterocycles. The van der Waals surface area contributed by atoms with Crippen molar-refractivity contribution in [1.29, 1.82) is 0 Å². The molecule has 0 saturated heterocycles. The zero-order chi connectivity index (χ0) is 34.4. The van der Waals surface area contributed by atoms with Crippen LogP contribution in [0.3, 0.4) is 0 Å². The molecule has 0 aliphatic carbocycles. The zero-order valence-electron chi connectivity index (χ0n) is 24.6. The topological polar surface area (TPSA) is 323 Å². The Bertz CT molecular complexity index is 1270. The number of amides is 6. The summed E-state index contributed by atoms with van der Waals surface area (Å²) < 4.78 is 0. The van der Waals surface area contributed by atoms with Gasteiger partial charge in [-0.05, 0) is 30.0 Å². The van der Waals surface area contributed by atoms with Crippen LogP contribution in [-0.2, 0) is 44.8 Å². The minimum absolute atomic E-state index is 0.0290. The maximum absolute atomic E-state index is 13.4.